The maximum Gasteiger partial charge on any atom is 0.304 e. The van der Waals surface area contributed by atoms with Crippen molar-refractivity contribution in [1.82, 2.24) is 14.6 Å². The summed E-state index contributed by atoms with van der Waals surface area (Å²) >= 11 is 0. The Balaban J connectivity index is 1.89. The molecule has 1 aromatic heterocycles. The molecule has 3 heterocycles. The number of nitrogens with one attached hydrogen (secondary N) is 1. The van der Waals surface area contributed by atoms with E-state index in [0.717, 1.165) is 12.8 Å². The van der Waals surface area contributed by atoms with Crippen LogP contribution in [-0.4, -0.2) is 67.1 Å². The molecule has 0 atom stereocenters. The smallest absolute Gasteiger partial charge is 0.304 e. The Morgan fingerprint density at radius 3 is 2.68 bits per heavy atom. The second kappa shape index (κ2) is 7.84. The number of nitrogens with zero attached hydrogens (tertiary/aromatic N) is 3. The van der Waals surface area contributed by atoms with E-state index in [-0.39, 0.29) is 36.9 Å². The molecule has 1 amide bonds. The summed E-state index contributed by atoms with van der Waals surface area (Å²) < 4.78 is 34.7. The van der Waals surface area contributed by atoms with E-state index >= 15 is 0 Å². The predicted octanol–water partition coefficient (Wildman–Crippen LogP) is 0.758. The molecular formula is C18H28N4O5S. The summed E-state index contributed by atoms with van der Waals surface area (Å²) in [5.74, 6) is 0.262. The first kappa shape index (κ1) is 20.8. The molecule has 2 aliphatic heterocycles. The van der Waals surface area contributed by atoms with Crippen LogP contribution in [0, 0.1) is 5.92 Å². The molecule has 28 heavy (non-hydrogen) atoms. The summed E-state index contributed by atoms with van der Waals surface area (Å²) in [6.45, 7) is 6.60. The first-order valence-electron chi connectivity index (χ1n) is 9.48. The number of hydrogen-bond donors (Lipinski definition) is 2. The van der Waals surface area contributed by atoms with Crippen LogP contribution in [-0.2, 0) is 10.2 Å². The van der Waals surface area contributed by atoms with Crippen LogP contribution in [0.1, 0.15) is 44.0 Å². The molecule has 0 bridgehead atoms. The Morgan fingerprint density at radius 2 is 2.04 bits per heavy atom. The van der Waals surface area contributed by atoms with Gasteiger partial charge >= 0.3 is 10.2 Å². The van der Waals surface area contributed by atoms with Gasteiger partial charge in [0.15, 0.2) is 0 Å². The zero-order chi connectivity index (χ0) is 20.5. The van der Waals surface area contributed by atoms with Crippen molar-refractivity contribution in [3.8, 4) is 5.88 Å². The van der Waals surface area contributed by atoms with Crippen LogP contribution in [0.15, 0.2) is 12.3 Å². The van der Waals surface area contributed by atoms with Crippen molar-refractivity contribution in [1.29, 1.82) is 0 Å². The molecule has 2 N–H and O–H groups in total. The first-order valence-corrected chi connectivity index (χ1v) is 10.9. The molecule has 1 fully saturated rings. The number of carbonyl (C=O) groups excluding carboxylic acids is 1. The summed E-state index contributed by atoms with van der Waals surface area (Å²) in [4.78, 5) is 16.7. The fourth-order valence-electron chi connectivity index (χ4n) is 3.21. The van der Waals surface area contributed by atoms with E-state index in [1.165, 1.54) is 20.9 Å². The molecule has 0 saturated carbocycles. The summed E-state index contributed by atoms with van der Waals surface area (Å²) in [7, 11) is -3.73. The van der Waals surface area contributed by atoms with Gasteiger partial charge in [-0.25, -0.2) is 9.29 Å². The molecule has 0 unspecified atom stereocenters. The van der Waals surface area contributed by atoms with Crippen LogP contribution < -0.4 is 14.4 Å². The molecule has 156 valence electrons. The van der Waals surface area contributed by atoms with Crippen LogP contribution in [0.25, 0.3) is 0 Å². The molecular weight excluding hydrogens is 384 g/mol. The van der Waals surface area contributed by atoms with Crippen LogP contribution in [0.3, 0.4) is 0 Å². The van der Waals surface area contributed by atoms with Gasteiger partial charge in [0.05, 0.1) is 24.3 Å². The van der Waals surface area contributed by atoms with Crippen molar-refractivity contribution in [3.63, 3.8) is 0 Å². The average Bonchev–Trinajstić information content (AvgIpc) is 2.67. The van der Waals surface area contributed by atoms with Gasteiger partial charge in [0, 0.05) is 19.3 Å². The van der Waals surface area contributed by atoms with Crippen molar-refractivity contribution in [2.75, 3.05) is 37.2 Å². The highest BCUT2D eigenvalue weighted by Crippen LogP contribution is 2.34. The van der Waals surface area contributed by atoms with E-state index in [0.29, 0.717) is 19.0 Å². The van der Waals surface area contributed by atoms with Gasteiger partial charge in [-0.3, -0.25) is 4.79 Å². The number of ether oxygens (including phenoxy) is 1. The molecule has 1 saturated heterocycles. The van der Waals surface area contributed by atoms with Gasteiger partial charge in [0.2, 0.25) is 5.88 Å². The number of hydrogen-bond acceptors (Lipinski definition) is 6. The number of aliphatic hydroxyl groups excluding tert-OH is 1. The van der Waals surface area contributed by atoms with Crippen LogP contribution in [0.2, 0.25) is 0 Å². The first-order chi connectivity index (χ1) is 13.1. The number of anilines is 1. The van der Waals surface area contributed by atoms with Crippen LogP contribution >= 0.6 is 0 Å². The van der Waals surface area contributed by atoms with E-state index in [9.17, 15) is 18.3 Å². The van der Waals surface area contributed by atoms with E-state index < -0.39 is 21.7 Å². The number of pyridine rings is 1. The Kier molecular flexibility index (Phi) is 5.83. The second-order valence-corrected chi connectivity index (χ2v) is 9.91. The molecule has 0 aliphatic carbocycles. The standard InChI is InChI=1S/C18H28N4O5S/c1-13-4-6-21(7-5-13)28(25,26)22-8-9-27-17-15(22)10-14(11-19-17)16(24)20-18(2,3)12-23/h10-11,13,23H,4-9,12H2,1-3H3,(H,20,24). The minimum absolute atomic E-state index is 0.163. The minimum atomic E-state index is -3.73. The molecule has 1 aromatic rings. The van der Waals surface area contributed by atoms with E-state index in [1.807, 2.05) is 0 Å². The van der Waals surface area contributed by atoms with Gasteiger partial charge in [-0.05, 0) is 38.7 Å². The van der Waals surface area contributed by atoms with Gasteiger partial charge in [-0.15, -0.1) is 0 Å². The quantitative estimate of drug-likeness (QED) is 0.738. The highest BCUT2D eigenvalue weighted by Gasteiger charge is 2.36. The molecule has 2 aliphatic rings. The normalized spacial score (nSPS) is 19.1. The average molecular weight is 413 g/mol. The maximum atomic E-state index is 13.2. The van der Waals surface area contributed by atoms with E-state index in [4.69, 9.17) is 4.74 Å². The van der Waals surface area contributed by atoms with Crippen LogP contribution in [0.5, 0.6) is 5.88 Å². The number of aromatic nitrogens is 1. The number of rotatable bonds is 5. The zero-order valence-electron chi connectivity index (χ0n) is 16.5. The molecule has 0 aromatic carbocycles. The fourth-order valence-corrected chi connectivity index (χ4v) is 4.85. The Bertz CT molecular complexity index is 834. The Morgan fingerprint density at radius 1 is 1.36 bits per heavy atom. The van der Waals surface area contributed by atoms with Crippen molar-refractivity contribution in [2.45, 2.75) is 39.2 Å². The number of piperidine rings is 1. The van der Waals surface area contributed by atoms with E-state index in [1.54, 1.807) is 13.8 Å². The molecule has 9 nitrogen and oxygen atoms in total. The molecule has 0 spiro atoms. The molecule has 3 rings (SSSR count). The van der Waals surface area contributed by atoms with Gasteiger partial charge < -0.3 is 15.2 Å². The summed E-state index contributed by atoms with van der Waals surface area (Å²) in [6, 6.07) is 1.48. The predicted molar refractivity (Wildman–Crippen MR) is 105 cm³/mol. The largest absolute Gasteiger partial charge is 0.474 e. The third kappa shape index (κ3) is 4.23. The van der Waals surface area contributed by atoms with Crippen molar-refractivity contribution < 1.29 is 23.1 Å². The number of amides is 1. The highest BCUT2D eigenvalue weighted by molar-refractivity contribution is 7.90. The SMILES string of the molecule is CC1CCN(S(=O)(=O)N2CCOc3ncc(C(=O)NC(C)(C)CO)cc32)CC1. The number of aliphatic hydroxyl groups is 1. The highest BCUT2D eigenvalue weighted by atomic mass is 32.2. The van der Waals surface area contributed by atoms with Gasteiger partial charge in [0.25, 0.3) is 5.91 Å². The molecule has 10 heteroatoms. The third-order valence-corrected chi connectivity index (χ3v) is 7.04. The lowest BCUT2D eigenvalue weighted by molar-refractivity contribution is 0.0869. The number of carbonyl (C=O) groups is 1. The van der Waals surface area contributed by atoms with Crippen molar-refractivity contribution in [3.05, 3.63) is 17.8 Å². The maximum absolute atomic E-state index is 13.2. The topological polar surface area (TPSA) is 112 Å². The van der Waals surface area contributed by atoms with Gasteiger partial charge in [-0.1, -0.05) is 6.92 Å². The van der Waals surface area contributed by atoms with Crippen molar-refractivity contribution in [2.24, 2.45) is 5.92 Å². The Hall–Kier alpha value is -1.91. The second-order valence-electron chi connectivity index (χ2n) is 8.05. The molecule has 0 radical (unpaired) electrons. The monoisotopic (exact) mass is 412 g/mol. The lowest BCUT2D eigenvalue weighted by Crippen LogP contribution is -2.50. The summed E-state index contributed by atoms with van der Waals surface area (Å²) in [5, 5.41) is 12.1. The van der Waals surface area contributed by atoms with Gasteiger partial charge in [0.1, 0.15) is 12.3 Å². The lowest BCUT2D eigenvalue weighted by atomic mass is 10.0. The lowest BCUT2D eigenvalue weighted by Gasteiger charge is -2.36. The van der Waals surface area contributed by atoms with Crippen LogP contribution in [0.4, 0.5) is 5.69 Å². The Labute approximate surface area is 165 Å². The minimum Gasteiger partial charge on any atom is -0.474 e. The zero-order valence-corrected chi connectivity index (χ0v) is 17.3. The number of fused-ring (bicyclic) bond motifs is 1. The fraction of sp³-hybridized carbons (Fsp3) is 0.667. The van der Waals surface area contributed by atoms with E-state index in [2.05, 4.69) is 17.2 Å². The summed E-state index contributed by atoms with van der Waals surface area (Å²) in [6.07, 6.45) is 3.00. The van der Waals surface area contributed by atoms with Gasteiger partial charge in [-0.2, -0.15) is 12.7 Å². The summed E-state index contributed by atoms with van der Waals surface area (Å²) in [5.41, 5.74) is -0.336. The van der Waals surface area contributed by atoms with Crippen molar-refractivity contribution >= 4 is 21.8 Å². The third-order valence-electron chi connectivity index (χ3n) is 5.09.